The van der Waals surface area contributed by atoms with Crippen molar-refractivity contribution in [3.63, 3.8) is 0 Å². The van der Waals surface area contributed by atoms with Crippen LogP contribution in [0, 0.1) is 23.2 Å². The van der Waals surface area contributed by atoms with Gasteiger partial charge in [0.25, 0.3) is 0 Å². The van der Waals surface area contributed by atoms with Gasteiger partial charge in [-0.25, -0.2) is 0 Å². The van der Waals surface area contributed by atoms with Crippen LogP contribution in [0.15, 0.2) is 11.6 Å². The van der Waals surface area contributed by atoms with Crippen molar-refractivity contribution in [2.45, 2.75) is 60.3 Å². The van der Waals surface area contributed by atoms with Crippen LogP contribution < -0.4 is 0 Å². The van der Waals surface area contributed by atoms with E-state index in [1.165, 1.54) is 25.7 Å². The smallest absolute Gasteiger partial charge is 0.145 e. The Hall–Kier alpha value is -0.590. The van der Waals surface area contributed by atoms with Gasteiger partial charge in [0.2, 0.25) is 0 Å². The van der Waals surface area contributed by atoms with Crippen molar-refractivity contribution in [2.24, 2.45) is 23.2 Å². The standard InChI is InChI=1S/C16H28O/c1-12(2)14(11-17)10-13-6-8-15(9-7-13)16(3,4)5/h10-13,15H,6-9H2,1-5H3. The Morgan fingerprint density at radius 1 is 1.12 bits per heavy atom. The van der Waals surface area contributed by atoms with E-state index in [0.717, 1.165) is 17.8 Å². The Labute approximate surface area is 107 Å². The van der Waals surface area contributed by atoms with E-state index in [1.807, 2.05) is 0 Å². The zero-order valence-electron chi connectivity index (χ0n) is 12.1. The number of rotatable bonds is 3. The van der Waals surface area contributed by atoms with Gasteiger partial charge < -0.3 is 0 Å². The molecule has 1 fully saturated rings. The first-order valence-electron chi connectivity index (χ1n) is 7.01. The summed E-state index contributed by atoms with van der Waals surface area (Å²) in [6, 6.07) is 0. The summed E-state index contributed by atoms with van der Waals surface area (Å²) in [6.45, 7) is 11.2. The average molecular weight is 236 g/mol. The van der Waals surface area contributed by atoms with Gasteiger partial charge in [0.1, 0.15) is 6.29 Å². The molecule has 0 saturated heterocycles. The predicted octanol–water partition coefficient (Wildman–Crippen LogP) is 4.62. The molecule has 0 aliphatic heterocycles. The summed E-state index contributed by atoms with van der Waals surface area (Å²) in [5.41, 5.74) is 1.43. The van der Waals surface area contributed by atoms with Gasteiger partial charge in [-0.3, -0.25) is 4.79 Å². The first-order valence-corrected chi connectivity index (χ1v) is 7.01. The molecule has 0 amide bonds. The third kappa shape index (κ3) is 4.29. The van der Waals surface area contributed by atoms with Gasteiger partial charge in [0, 0.05) is 0 Å². The largest absolute Gasteiger partial charge is 0.298 e. The van der Waals surface area contributed by atoms with E-state index in [9.17, 15) is 4.79 Å². The molecule has 0 spiro atoms. The molecule has 1 nitrogen and oxygen atoms in total. The maximum absolute atomic E-state index is 11.0. The SMILES string of the molecule is CC(C)C(C=O)=CC1CCC(C(C)(C)C)CC1. The van der Waals surface area contributed by atoms with E-state index in [0.29, 0.717) is 17.3 Å². The van der Waals surface area contributed by atoms with Gasteiger partial charge in [-0.05, 0) is 54.4 Å². The predicted molar refractivity (Wildman–Crippen MR) is 73.9 cm³/mol. The molecule has 0 aromatic rings. The van der Waals surface area contributed by atoms with Crippen molar-refractivity contribution < 1.29 is 4.79 Å². The quantitative estimate of drug-likeness (QED) is 0.516. The minimum atomic E-state index is 0.368. The second kappa shape index (κ2) is 5.84. The maximum atomic E-state index is 11.0. The molecule has 0 N–H and O–H groups in total. The normalized spacial score (nSPS) is 27.3. The lowest BCUT2D eigenvalue weighted by molar-refractivity contribution is -0.105. The van der Waals surface area contributed by atoms with Crippen LogP contribution in [0.25, 0.3) is 0 Å². The van der Waals surface area contributed by atoms with E-state index < -0.39 is 0 Å². The molecule has 0 bridgehead atoms. The van der Waals surface area contributed by atoms with E-state index in [2.05, 4.69) is 40.7 Å². The van der Waals surface area contributed by atoms with E-state index in [4.69, 9.17) is 0 Å². The average Bonchev–Trinajstić information content (AvgIpc) is 2.25. The molecule has 1 rings (SSSR count). The Bertz CT molecular complexity index is 272. The molecular formula is C16H28O. The van der Waals surface area contributed by atoms with Gasteiger partial charge in [-0.15, -0.1) is 0 Å². The fraction of sp³-hybridized carbons (Fsp3) is 0.812. The number of hydrogen-bond acceptors (Lipinski definition) is 1. The number of allylic oxidation sites excluding steroid dienone is 2. The zero-order chi connectivity index (χ0) is 13.1. The molecule has 0 atom stereocenters. The van der Waals surface area contributed by atoms with Crippen LogP contribution in [0.5, 0.6) is 0 Å². The summed E-state index contributed by atoms with van der Waals surface area (Å²) in [5, 5.41) is 0. The van der Waals surface area contributed by atoms with Crippen molar-refractivity contribution in [3.05, 3.63) is 11.6 Å². The molecule has 17 heavy (non-hydrogen) atoms. The van der Waals surface area contributed by atoms with Crippen LogP contribution in [-0.4, -0.2) is 6.29 Å². The van der Waals surface area contributed by atoms with Crippen molar-refractivity contribution in [1.29, 1.82) is 0 Å². The minimum absolute atomic E-state index is 0.368. The van der Waals surface area contributed by atoms with Crippen molar-refractivity contribution in [2.75, 3.05) is 0 Å². The minimum Gasteiger partial charge on any atom is -0.298 e. The third-order valence-corrected chi connectivity index (χ3v) is 4.23. The van der Waals surface area contributed by atoms with E-state index in [1.54, 1.807) is 0 Å². The zero-order valence-corrected chi connectivity index (χ0v) is 12.1. The Morgan fingerprint density at radius 3 is 2.00 bits per heavy atom. The second-order valence-corrected chi connectivity index (χ2v) is 6.92. The Balaban J connectivity index is 2.55. The highest BCUT2D eigenvalue weighted by Gasteiger charge is 2.29. The van der Waals surface area contributed by atoms with Crippen molar-refractivity contribution in [3.8, 4) is 0 Å². The molecular weight excluding hydrogens is 208 g/mol. The van der Waals surface area contributed by atoms with Crippen LogP contribution >= 0.6 is 0 Å². The maximum Gasteiger partial charge on any atom is 0.145 e. The highest BCUT2D eigenvalue weighted by molar-refractivity contribution is 5.73. The molecule has 0 heterocycles. The molecule has 1 aliphatic rings. The summed E-state index contributed by atoms with van der Waals surface area (Å²) in [5.74, 6) is 1.86. The fourth-order valence-corrected chi connectivity index (χ4v) is 2.79. The molecule has 0 unspecified atom stereocenters. The second-order valence-electron chi connectivity index (χ2n) is 6.92. The lowest BCUT2D eigenvalue weighted by atomic mass is 9.69. The highest BCUT2D eigenvalue weighted by atomic mass is 16.1. The number of aldehydes is 1. The highest BCUT2D eigenvalue weighted by Crippen LogP contribution is 2.40. The molecule has 0 radical (unpaired) electrons. The van der Waals surface area contributed by atoms with Crippen molar-refractivity contribution >= 4 is 6.29 Å². The van der Waals surface area contributed by atoms with Gasteiger partial charge in [0.15, 0.2) is 0 Å². The van der Waals surface area contributed by atoms with Gasteiger partial charge in [0.05, 0.1) is 0 Å². The van der Waals surface area contributed by atoms with Gasteiger partial charge in [-0.1, -0.05) is 40.7 Å². The first-order chi connectivity index (χ1) is 7.84. The van der Waals surface area contributed by atoms with Crippen LogP contribution in [-0.2, 0) is 4.79 Å². The van der Waals surface area contributed by atoms with E-state index in [-0.39, 0.29) is 0 Å². The first kappa shape index (κ1) is 14.5. The summed E-state index contributed by atoms with van der Waals surface area (Å²) >= 11 is 0. The van der Waals surface area contributed by atoms with Gasteiger partial charge >= 0.3 is 0 Å². The van der Waals surface area contributed by atoms with Crippen LogP contribution in [0.3, 0.4) is 0 Å². The summed E-state index contributed by atoms with van der Waals surface area (Å²) < 4.78 is 0. The topological polar surface area (TPSA) is 17.1 Å². The Morgan fingerprint density at radius 2 is 1.65 bits per heavy atom. The molecule has 1 heteroatoms. The molecule has 0 aromatic carbocycles. The number of carbonyl (C=O) groups excluding carboxylic acids is 1. The Kier molecular flexibility index (Phi) is 4.97. The third-order valence-electron chi connectivity index (χ3n) is 4.23. The molecule has 0 aromatic heterocycles. The molecule has 1 aliphatic carbocycles. The van der Waals surface area contributed by atoms with Gasteiger partial charge in [-0.2, -0.15) is 0 Å². The summed E-state index contributed by atoms with van der Waals surface area (Å²) in [6.07, 6.45) is 8.42. The monoisotopic (exact) mass is 236 g/mol. The van der Waals surface area contributed by atoms with E-state index >= 15 is 0 Å². The molecule has 1 saturated carbocycles. The van der Waals surface area contributed by atoms with Crippen LogP contribution in [0.2, 0.25) is 0 Å². The van der Waals surface area contributed by atoms with Crippen molar-refractivity contribution in [1.82, 2.24) is 0 Å². The summed E-state index contributed by atoms with van der Waals surface area (Å²) in [7, 11) is 0. The fourth-order valence-electron chi connectivity index (χ4n) is 2.79. The van der Waals surface area contributed by atoms with Crippen LogP contribution in [0.1, 0.15) is 60.3 Å². The summed E-state index contributed by atoms with van der Waals surface area (Å²) in [4.78, 5) is 11.0. The van der Waals surface area contributed by atoms with Crippen LogP contribution in [0.4, 0.5) is 0 Å². The number of carbonyl (C=O) groups is 1. The number of hydrogen-bond donors (Lipinski definition) is 0. The molecule has 98 valence electrons. The lowest BCUT2D eigenvalue weighted by Crippen LogP contribution is -2.25. The lowest BCUT2D eigenvalue weighted by Gasteiger charge is -2.36.